The number of carbonyl (C=O) groups is 3. The lowest BCUT2D eigenvalue weighted by atomic mass is 10.0. The third-order valence-corrected chi connectivity index (χ3v) is 9.92. The highest BCUT2D eigenvalue weighted by molar-refractivity contribution is 7.47. The number of carbonyl (C=O) groups excluding carboxylic acids is 2. The van der Waals surface area contributed by atoms with Crippen LogP contribution in [-0.2, 0) is 37.5 Å². The van der Waals surface area contributed by atoms with Gasteiger partial charge in [0.05, 0.1) is 25.4 Å². The van der Waals surface area contributed by atoms with Crippen molar-refractivity contribution in [2.24, 2.45) is 5.73 Å². The Hall–Kier alpha value is -1.86. The van der Waals surface area contributed by atoms with Crippen molar-refractivity contribution in [3.63, 3.8) is 0 Å². The quantitative estimate of drug-likeness (QED) is 0.0174. The van der Waals surface area contributed by atoms with E-state index in [-0.39, 0.29) is 12.8 Å². The average molecular weight is 780 g/mol. The van der Waals surface area contributed by atoms with Gasteiger partial charge in [-0.15, -0.1) is 0 Å². The average Bonchev–Trinajstić information content (AvgIpc) is 3.12. The molecule has 0 aromatic heterocycles. The minimum atomic E-state index is -4.74. The molecule has 13 nitrogen and oxygen atoms in total. The number of phosphoric acid groups is 1. The van der Waals surface area contributed by atoms with Crippen molar-refractivity contribution < 1.29 is 57.7 Å². The van der Waals surface area contributed by atoms with Gasteiger partial charge in [-0.05, 0) is 38.5 Å². The number of hydrogen-bond donors (Lipinski definition) is 5. The molecule has 14 heteroatoms. The predicted molar refractivity (Wildman–Crippen MR) is 206 cm³/mol. The molecular formula is C39H74NO12P. The molecule has 312 valence electrons. The molecule has 0 rings (SSSR count). The molecule has 0 radical (unpaired) electrons. The third-order valence-electron chi connectivity index (χ3n) is 8.96. The van der Waals surface area contributed by atoms with Gasteiger partial charge in [-0.2, -0.15) is 0 Å². The van der Waals surface area contributed by atoms with Gasteiger partial charge in [-0.25, -0.2) is 4.57 Å². The highest BCUT2D eigenvalue weighted by atomic mass is 31.2. The molecule has 6 N–H and O–H groups in total. The zero-order chi connectivity index (χ0) is 39.6. The van der Waals surface area contributed by atoms with Crippen LogP contribution in [0.4, 0.5) is 0 Å². The topological polar surface area (TPSA) is 212 Å². The Kier molecular flexibility index (Phi) is 33.4. The molecule has 0 spiro atoms. The molecule has 0 aromatic carbocycles. The lowest BCUT2D eigenvalue weighted by Gasteiger charge is -2.20. The van der Waals surface area contributed by atoms with E-state index in [9.17, 15) is 34.1 Å². The standard InChI is InChI=1S/C39H74NO12P/c1-3-5-7-9-11-12-13-14-15-16-20-25-29-38(44)52-33(31-50-53(47,48)51-32-34(40)39(45)46)30-49-37(43)28-24-21-17-19-23-27-36(42)35(41)26-22-18-10-8-6-4-2/h18,22,33-36,41-42H,3-17,19-21,23-32,40H2,1-2H3,(H,45,46)(H,47,48)/b22-18-/t33-,34+,35-,36-/m1/s1. The lowest BCUT2D eigenvalue weighted by molar-refractivity contribution is -0.161. The Bertz CT molecular complexity index is 998. The predicted octanol–water partition coefficient (Wildman–Crippen LogP) is 8.06. The zero-order valence-electron chi connectivity index (χ0n) is 32.8. The second-order valence-corrected chi connectivity index (χ2v) is 15.5. The van der Waals surface area contributed by atoms with Crippen molar-refractivity contribution in [2.75, 3.05) is 19.8 Å². The van der Waals surface area contributed by atoms with Gasteiger partial charge in [0, 0.05) is 12.8 Å². The number of rotatable bonds is 38. The molecule has 1 unspecified atom stereocenters. The summed E-state index contributed by atoms with van der Waals surface area (Å²) in [4.78, 5) is 45.8. The van der Waals surface area contributed by atoms with E-state index in [2.05, 4.69) is 24.4 Å². The van der Waals surface area contributed by atoms with Crippen LogP contribution in [0.25, 0.3) is 0 Å². The molecule has 0 aliphatic heterocycles. The maximum absolute atomic E-state index is 12.6. The minimum Gasteiger partial charge on any atom is -0.480 e. The number of ether oxygens (including phenoxy) is 2. The van der Waals surface area contributed by atoms with Crippen molar-refractivity contribution in [1.82, 2.24) is 0 Å². The molecule has 0 bridgehead atoms. The van der Waals surface area contributed by atoms with Crippen LogP contribution in [0.5, 0.6) is 0 Å². The van der Waals surface area contributed by atoms with Gasteiger partial charge in [-0.1, -0.05) is 135 Å². The van der Waals surface area contributed by atoms with Gasteiger partial charge in [0.25, 0.3) is 0 Å². The fourth-order valence-electron chi connectivity index (χ4n) is 5.56. The second-order valence-electron chi connectivity index (χ2n) is 14.1. The first-order valence-corrected chi connectivity index (χ1v) is 21.9. The van der Waals surface area contributed by atoms with E-state index in [1.165, 1.54) is 64.2 Å². The number of esters is 2. The maximum Gasteiger partial charge on any atom is 0.472 e. The Morgan fingerprint density at radius 2 is 1.13 bits per heavy atom. The van der Waals surface area contributed by atoms with Crippen LogP contribution in [0.3, 0.4) is 0 Å². The summed E-state index contributed by atoms with van der Waals surface area (Å²) in [7, 11) is -4.74. The van der Waals surface area contributed by atoms with E-state index in [1.807, 2.05) is 6.08 Å². The lowest BCUT2D eigenvalue weighted by Crippen LogP contribution is -2.34. The number of aliphatic hydroxyl groups is 2. The van der Waals surface area contributed by atoms with Gasteiger partial charge in [0.2, 0.25) is 0 Å². The summed E-state index contributed by atoms with van der Waals surface area (Å²) in [5.74, 6) is -2.50. The number of allylic oxidation sites excluding steroid dienone is 1. The van der Waals surface area contributed by atoms with E-state index in [0.29, 0.717) is 25.7 Å². The molecule has 5 atom stereocenters. The summed E-state index contributed by atoms with van der Waals surface area (Å²) in [6, 6.07) is -1.54. The Morgan fingerprint density at radius 3 is 1.70 bits per heavy atom. The molecule has 0 saturated heterocycles. The van der Waals surface area contributed by atoms with Crippen LogP contribution in [0, 0.1) is 0 Å². The van der Waals surface area contributed by atoms with Crippen LogP contribution in [0.15, 0.2) is 12.2 Å². The van der Waals surface area contributed by atoms with Crippen LogP contribution in [0.1, 0.15) is 174 Å². The van der Waals surface area contributed by atoms with Gasteiger partial charge in [-0.3, -0.25) is 23.4 Å². The molecule has 53 heavy (non-hydrogen) atoms. The summed E-state index contributed by atoms with van der Waals surface area (Å²) in [5, 5.41) is 29.2. The second kappa shape index (κ2) is 34.6. The molecule has 0 aromatic rings. The number of aliphatic carboxylic acids is 1. The molecule has 0 fully saturated rings. The Labute approximate surface area is 319 Å². The Balaban J connectivity index is 4.50. The molecular weight excluding hydrogens is 705 g/mol. The third kappa shape index (κ3) is 33.2. The fourth-order valence-corrected chi connectivity index (χ4v) is 6.34. The summed E-state index contributed by atoms with van der Waals surface area (Å²) in [6.45, 7) is 2.58. The van der Waals surface area contributed by atoms with Crippen LogP contribution in [0.2, 0.25) is 0 Å². The van der Waals surface area contributed by atoms with Crippen LogP contribution in [-0.4, -0.2) is 82.3 Å². The van der Waals surface area contributed by atoms with E-state index < -0.39 is 69.9 Å². The van der Waals surface area contributed by atoms with Crippen LogP contribution >= 0.6 is 7.82 Å². The van der Waals surface area contributed by atoms with Gasteiger partial charge in [0.1, 0.15) is 12.6 Å². The molecule has 0 aliphatic carbocycles. The number of hydrogen-bond acceptors (Lipinski definition) is 11. The van der Waals surface area contributed by atoms with E-state index in [4.69, 9.17) is 24.8 Å². The first-order valence-electron chi connectivity index (χ1n) is 20.4. The summed E-state index contributed by atoms with van der Waals surface area (Å²) in [6.07, 6.45) is 24.5. The smallest absolute Gasteiger partial charge is 0.472 e. The van der Waals surface area contributed by atoms with E-state index in [0.717, 1.165) is 57.8 Å². The number of nitrogens with two attached hydrogens (primary N) is 1. The number of unbranched alkanes of at least 4 members (excludes halogenated alkanes) is 18. The Morgan fingerprint density at radius 1 is 0.642 bits per heavy atom. The number of carboxylic acid groups (broad SMARTS) is 1. The number of phosphoric ester groups is 1. The van der Waals surface area contributed by atoms with Crippen molar-refractivity contribution in [1.29, 1.82) is 0 Å². The van der Waals surface area contributed by atoms with Crippen molar-refractivity contribution >= 4 is 25.7 Å². The SMILES string of the molecule is CCCCC/C=C\C[C@@H](O)[C@H](O)CCCCCCCC(=O)OC[C@H](COP(=O)(O)OC[C@H](N)C(=O)O)OC(=O)CCCCCCCCCCCCCC. The summed E-state index contributed by atoms with van der Waals surface area (Å²) in [5.41, 5.74) is 5.31. The molecule has 0 amide bonds. The highest BCUT2D eigenvalue weighted by Gasteiger charge is 2.28. The summed E-state index contributed by atoms with van der Waals surface area (Å²) < 4.78 is 32.5. The van der Waals surface area contributed by atoms with Crippen molar-refractivity contribution in [3.05, 3.63) is 12.2 Å². The van der Waals surface area contributed by atoms with Crippen molar-refractivity contribution in [3.8, 4) is 0 Å². The number of aliphatic hydroxyl groups excluding tert-OH is 2. The number of carboxylic acids is 1. The first kappa shape index (κ1) is 51.1. The van der Waals surface area contributed by atoms with Gasteiger partial charge >= 0.3 is 25.7 Å². The first-order chi connectivity index (χ1) is 25.4. The normalized spacial score (nSPS) is 15.1. The minimum absolute atomic E-state index is 0.126. The van der Waals surface area contributed by atoms with Crippen molar-refractivity contribution in [2.45, 2.75) is 199 Å². The summed E-state index contributed by atoms with van der Waals surface area (Å²) >= 11 is 0. The van der Waals surface area contributed by atoms with Gasteiger partial charge in [0.15, 0.2) is 6.10 Å². The largest absolute Gasteiger partial charge is 0.480 e. The monoisotopic (exact) mass is 779 g/mol. The van der Waals surface area contributed by atoms with E-state index >= 15 is 0 Å². The zero-order valence-corrected chi connectivity index (χ0v) is 33.7. The van der Waals surface area contributed by atoms with E-state index in [1.54, 1.807) is 0 Å². The molecule has 0 saturated carbocycles. The van der Waals surface area contributed by atoms with Gasteiger partial charge < -0.3 is 35.4 Å². The molecule has 0 aliphatic rings. The molecule has 0 heterocycles. The van der Waals surface area contributed by atoms with Crippen LogP contribution < -0.4 is 5.73 Å². The maximum atomic E-state index is 12.6. The highest BCUT2D eigenvalue weighted by Crippen LogP contribution is 2.43. The fraction of sp³-hybridized carbons (Fsp3) is 0.872.